The van der Waals surface area contributed by atoms with Crippen LogP contribution in [0.4, 0.5) is 0 Å². The Morgan fingerprint density at radius 1 is 0.892 bits per heavy atom. The topological polar surface area (TPSA) is 89.5 Å². The third kappa shape index (κ3) is 4.91. The number of hydrogen-bond acceptors (Lipinski definition) is 8. The molecule has 37 heavy (non-hydrogen) atoms. The first-order valence-electron chi connectivity index (χ1n) is 12.1. The van der Waals surface area contributed by atoms with Gasteiger partial charge in [0.25, 0.3) is 0 Å². The molecule has 2 aliphatic rings. The van der Waals surface area contributed by atoms with Crippen molar-refractivity contribution < 1.29 is 38.0 Å². The van der Waals surface area contributed by atoms with Gasteiger partial charge in [0, 0.05) is 6.42 Å². The van der Waals surface area contributed by atoms with Crippen LogP contribution in [0.5, 0.6) is 23.0 Å². The first-order valence-corrected chi connectivity index (χ1v) is 12.1. The molecule has 1 saturated carbocycles. The SMILES string of the molecule is COc1cc(C(=O)OC2CCC3C(=O)C(Oc4ccc5ccccc5c4)=COC3C2)cc(OC)c1OC. The maximum absolute atomic E-state index is 13.2. The number of rotatable bonds is 7. The second-order valence-corrected chi connectivity index (χ2v) is 8.99. The molecule has 0 spiro atoms. The highest BCUT2D eigenvalue weighted by molar-refractivity contribution is 5.97. The summed E-state index contributed by atoms with van der Waals surface area (Å²) in [5.41, 5.74) is 0.281. The van der Waals surface area contributed by atoms with Crippen molar-refractivity contribution >= 4 is 22.5 Å². The quantitative estimate of drug-likeness (QED) is 0.412. The summed E-state index contributed by atoms with van der Waals surface area (Å²) in [6, 6.07) is 16.7. The van der Waals surface area contributed by atoms with E-state index in [2.05, 4.69) is 0 Å². The van der Waals surface area contributed by atoms with Gasteiger partial charge < -0.3 is 28.4 Å². The lowest BCUT2D eigenvalue weighted by Gasteiger charge is -2.36. The molecule has 0 N–H and O–H groups in total. The number of esters is 1. The van der Waals surface area contributed by atoms with Crippen LogP contribution in [0, 0.1) is 5.92 Å². The molecule has 8 heteroatoms. The molecule has 0 bridgehead atoms. The zero-order valence-corrected chi connectivity index (χ0v) is 20.9. The summed E-state index contributed by atoms with van der Waals surface area (Å²) >= 11 is 0. The van der Waals surface area contributed by atoms with Crippen molar-refractivity contribution in [3.63, 3.8) is 0 Å². The molecule has 3 aromatic rings. The van der Waals surface area contributed by atoms with Crippen LogP contribution in [0.25, 0.3) is 10.8 Å². The smallest absolute Gasteiger partial charge is 0.338 e. The van der Waals surface area contributed by atoms with Gasteiger partial charge in [-0.15, -0.1) is 0 Å². The summed E-state index contributed by atoms with van der Waals surface area (Å²) in [4.78, 5) is 26.1. The lowest BCUT2D eigenvalue weighted by Crippen LogP contribution is -2.43. The van der Waals surface area contributed by atoms with Gasteiger partial charge in [-0.05, 0) is 47.9 Å². The van der Waals surface area contributed by atoms with Gasteiger partial charge in [-0.2, -0.15) is 0 Å². The van der Waals surface area contributed by atoms with Crippen LogP contribution < -0.4 is 18.9 Å². The normalized spacial score (nSPS) is 20.8. The first-order chi connectivity index (χ1) is 18.0. The minimum Gasteiger partial charge on any atom is -0.493 e. The molecular weight excluding hydrogens is 476 g/mol. The summed E-state index contributed by atoms with van der Waals surface area (Å²) in [6.45, 7) is 0. The van der Waals surface area contributed by atoms with Crippen molar-refractivity contribution in [1.29, 1.82) is 0 Å². The van der Waals surface area contributed by atoms with Crippen molar-refractivity contribution in [2.75, 3.05) is 21.3 Å². The van der Waals surface area contributed by atoms with Gasteiger partial charge in [-0.3, -0.25) is 4.79 Å². The molecule has 192 valence electrons. The van der Waals surface area contributed by atoms with E-state index in [0.717, 1.165) is 10.8 Å². The van der Waals surface area contributed by atoms with Crippen molar-refractivity contribution in [2.45, 2.75) is 31.5 Å². The fourth-order valence-electron chi connectivity index (χ4n) is 4.89. The standard InChI is InChI=1S/C29H28O8/c1-32-24-13-19(14-25(33-2)28(24)34-3)29(31)37-21-10-11-22-23(15-21)35-16-26(27(22)30)36-20-9-8-17-6-4-5-7-18(17)12-20/h4-9,12-14,16,21-23H,10-11,15H2,1-3H3. The van der Waals surface area contributed by atoms with Gasteiger partial charge in [-0.25, -0.2) is 4.79 Å². The van der Waals surface area contributed by atoms with Gasteiger partial charge in [0.05, 0.1) is 32.8 Å². The number of benzene rings is 3. The van der Waals surface area contributed by atoms with Gasteiger partial charge in [0.2, 0.25) is 17.3 Å². The van der Waals surface area contributed by atoms with Crippen LogP contribution in [0.2, 0.25) is 0 Å². The van der Waals surface area contributed by atoms with E-state index in [1.165, 1.54) is 27.6 Å². The van der Waals surface area contributed by atoms with E-state index in [0.29, 0.717) is 42.3 Å². The van der Waals surface area contributed by atoms with E-state index < -0.39 is 12.1 Å². The molecule has 8 nitrogen and oxygen atoms in total. The minimum absolute atomic E-state index is 0.0983. The van der Waals surface area contributed by atoms with E-state index in [-0.39, 0.29) is 29.1 Å². The Hall–Kier alpha value is -4.20. The summed E-state index contributed by atoms with van der Waals surface area (Å²) in [5.74, 6) is 0.920. The van der Waals surface area contributed by atoms with Crippen LogP contribution in [-0.2, 0) is 14.3 Å². The van der Waals surface area contributed by atoms with E-state index in [1.807, 2.05) is 42.5 Å². The van der Waals surface area contributed by atoms with Gasteiger partial charge in [0.1, 0.15) is 24.2 Å². The van der Waals surface area contributed by atoms with Gasteiger partial charge in [-0.1, -0.05) is 30.3 Å². The van der Waals surface area contributed by atoms with Crippen LogP contribution in [0.3, 0.4) is 0 Å². The predicted molar refractivity (Wildman–Crippen MR) is 135 cm³/mol. The van der Waals surface area contributed by atoms with E-state index in [1.54, 1.807) is 12.1 Å². The molecule has 0 saturated heterocycles. The van der Waals surface area contributed by atoms with Crippen molar-refractivity contribution in [1.82, 2.24) is 0 Å². The highest BCUT2D eigenvalue weighted by atomic mass is 16.6. The number of ether oxygens (including phenoxy) is 6. The molecule has 3 aromatic carbocycles. The molecule has 0 aromatic heterocycles. The Bertz CT molecular complexity index is 1340. The van der Waals surface area contributed by atoms with Gasteiger partial charge >= 0.3 is 5.97 Å². The van der Waals surface area contributed by atoms with E-state index in [4.69, 9.17) is 28.4 Å². The number of carbonyl (C=O) groups is 2. The molecule has 3 atom stereocenters. The molecular formula is C29H28O8. The number of carbonyl (C=O) groups excluding carboxylic acids is 2. The zero-order chi connectivity index (χ0) is 25.9. The van der Waals surface area contributed by atoms with E-state index >= 15 is 0 Å². The third-order valence-electron chi connectivity index (χ3n) is 6.80. The van der Waals surface area contributed by atoms with Crippen molar-refractivity contribution in [3.05, 3.63) is 72.2 Å². The molecule has 0 radical (unpaired) electrons. The first kappa shape index (κ1) is 24.5. The van der Waals surface area contributed by atoms with Gasteiger partial charge in [0.15, 0.2) is 11.5 Å². The number of methoxy groups -OCH3 is 3. The highest BCUT2D eigenvalue weighted by Gasteiger charge is 2.42. The summed E-state index contributed by atoms with van der Waals surface area (Å²) in [6.07, 6.45) is 2.07. The second-order valence-electron chi connectivity index (χ2n) is 8.99. The molecule has 0 amide bonds. The average Bonchev–Trinajstić information content (AvgIpc) is 2.93. The number of fused-ring (bicyclic) bond motifs is 2. The summed E-state index contributed by atoms with van der Waals surface area (Å²) < 4.78 is 33.5. The molecule has 1 aliphatic carbocycles. The Kier molecular flexibility index (Phi) is 6.90. The average molecular weight is 505 g/mol. The molecule has 1 aliphatic heterocycles. The lowest BCUT2D eigenvalue weighted by atomic mass is 9.80. The summed E-state index contributed by atoms with van der Waals surface area (Å²) in [7, 11) is 4.46. The molecule has 1 fully saturated rings. The van der Waals surface area contributed by atoms with E-state index in [9.17, 15) is 9.59 Å². The van der Waals surface area contributed by atoms with Crippen LogP contribution in [0.1, 0.15) is 29.6 Å². The molecule has 5 rings (SSSR count). The third-order valence-corrected chi connectivity index (χ3v) is 6.80. The number of hydrogen-bond donors (Lipinski definition) is 0. The largest absolute Gasteiger partial charge is 0.493 e. The Balaban J connectivity index is 1.24. The molecule has 3 unspecified atom stereocenters. The number of Topliss-reactive ketones (excluding diaryl/α,β-unsaturated/α-hetero) is 1. The Morgan fingerprint density at radius 2 is 1.62 bits per heavy atom. The second kappa shape index (κ2) is 10.4. The van der Waals surface area contributed by atoms with Crippen molar-refractivity contribution in [3.8, 4) is 23.0 Å². The zero-order valence-electron chi connectivity index (χ0n) is 20.9. The monoisotopic (exact) mass is 504 g/mol. The number of allylic oxidation sites excluding steroid dienone is 1. The maximum Gasteiger partial charge on any atom is 0.338 e. The Morgan fingerprint density at radius 3 is 2.32 bits per heavy atom. The Labute approximate surface area is 214 Å². The van der Waals surface area contributed by atoms with Crippen molar-refractivity contribution in [2.24, 2.45) is 5.92 Å². The van der Waals surface area contributed by atoms with Crippen LogP contribution >= 0.6 is 0 Å². The molecule has 1 heterocycles. The maximum atomic E-state index is 13.2. The minimum atomic E-state index is -0.513. The highest BCUT2D eigenvalue weighted by Crippen LogP contribution is 2.39. The number of ketones is 1. The predicted octanol–water partition coefficient (Wildman–Crippen LogP) is 5.08. The fraction of sp³-hybridized carbons (Fsp3) is 0.310. The van der Waals surface area contributed by atoms with Crippen LogP contribution in [0.15, 0.2) is 66.6 Å². The fourth-order valence-corrected chi connectivity index (χ4v) is 4.89. The lowest BCUT2D eigenvalue weighted by molar-refractivity contribution is -0.132. The summed E-state index contributed by atoms with van der Waals surface area (Å²) in [5, 5.41) is 2.12. The van der Waals surface area contributed by atoms with Crippen LogP contribution in [-0.4, -0.2) is 45.3 Å².